The molecular weight excluding hydrogens is 236 g/mol. The van der Waals surface area contributed by atoms with Gasteiger partial charge >= 0.3 is 0 Å². The molecule has 17 heavy (non-hydrogen) atoms. The predicted molar refractivity (Wildman–Crippen MR) is 74.6 cm³/mol. The molecule has 0 rings (SSSR count). The average molecular weight is 264 g/mol. The van der Waals surface area contributed by atoms with Gasteiger partial charge in [0.15, 0.2) is 0 Å². The number of rotatable bonds is 8. The van der Waals surface area contributed by atoms with Crippen molar-refractivity contribution < 1.29 is 14.0 Å². The van der Waals surface area contributed by atoms with E-state index in [1.807, 2.05) is 0 Å². The molecule has 0 aromatic carbocycles. The van der Waals surface area contributed by atoms with E-state index in [1.165, 1.54) is 0 Å². The fourth-order valence-corrected chi connectivity index (χ4v) is 1.85. The van der Waals surface area contributed by atoms with Crippen LogP contribution in [0, 0.1) is 5.41 Å². The van der Waals surface area contributed by atoms with Gasteiger partial charge in [0.25, 0.3) is 0 Å². The summed E-state index contributed by atoms with van der Waals surface area (Å²) < 4.78 is 20.3. The lowest BCUT2D eigenvalue weighted by atomic mass is 9.79. The Labute approximate surface area is 110 Å². The summed E-state index contributed by atoms with van der Waals surface area (Å²) in [5.74, 6) is 0.660. The van der Waals surface area contributed by atoms with E-state index in [-0.39, 0.29) is 16.6 Å². The fourth-order valence-electron chi connectivity index (χ4n) is 1.18. The van der Waals surface area contributed by atoms with Gasteiger partial charge in [0.1, 0.15) is 0 Å². The van der Waals surface area contributed by atoms with E-state index in [0.717, 1.165) is 18.5 Å². The van der Waals surface area contributed by atoms with Crippen LogP contribution in [0.5, 0.6) is 0 Å². The highest BCUT2D eigenvalue weighted by molar-refractivity contribution is 7.93. The highest BCUT2D eigenvalue weighted by Gasteiger charge is 2.38. The van der Waals surface area contributed by atoms with Gasteiger partial charge in [0.2, 0.25) is 0 Å². The molecule has 104 valence electrons. The molecule has 0 radical (unpaired) electrons. The van der Waals surface area contributed by atoms with Gasteiger partial charge in [0, 0.05) is 18.3 Å². The van der Waals surface area contributed by atoms with Gasteiger partial charge in [-0.1, -0.05) is 13.8 Å². The Balaban J connectivity index is 4.27. The van der Waals surface area contributed by atoms with Gasteiger partial charge in [-0.3, -0.25) is 0 Å². The Morgan fingerprint density at radius 1 is 1.06 bits per heavy atom. The summed E-state index contributed by atoms with van der Waals surface area (Å²) in [4.78, 5) is 0. The standard InChI is InChI=1S/C13H28O3S/c1-11(2,10-17-14)13(5,6)16-9-8-12(3,4)15-7/h14H,8-10H2,1-7H3. The summed E-state index contributed by atoms with van der Waals surface area (Å²) >= 11 is 0.874. The van der Waals surface area contributed by atoms with Gasteiger partial charge in [-0.05, 0) is 46.2 Å². The normalized spacial score (nSPS) is 14.1. The molecule has 0 spiro atoms. The molecular formula is C13H28O3S. The van der Waals surface area contributed by atoms with E-state index in [4.69, 9.17) is 14.0 Å². The summed E-state index contributed by atoms with van der Waals surface area (Å²) in [5.41, 5.74) is -0.498. The Bertz CT molecular complexity index is 225. The maximum absolute atomic E-state index is 9.00. The molecule has 1 N–H and O–H groups in total. The Kier molecular flexibility index (Phi) is 6.50. The zero-order valence-electron chi connectivity index (χ0n) is 12.3. The van der Waals surface area contributed by atoms with Crippen molar-refractivity contribution in [1.29, 1.82) is 0 Å². The maximum atomic E-state index is 9.00. The third kappa shape index (κ3) is 5.60. The zero-order valence-corrected chi connectivity index (χ0v) is 13.1. The van der Waals surface area contributed by atoms with Crippen LogP contribution in [0.2, 0.25) is 0 Å². The monoisotopic (exact) mass is 264 g/mol. The van der Waals surface area contributed by atoms with Gasteiger partial charge in [-0.25, -0.2) is 0 Å². The van der Waals surface area contributed by atoms with E-state index in [0.29, 0.717) is 12.4 Å². The lowest BCUT2D eigenvalue weighted by Gasteiger charge is -2.41. The topological polar surface area (TPSA) is 38.7 Å². The number of hydrogen-bond donors (Lipinski definition) is 1. The quantitative estimate of drug-likeness (QED) is 0.676. The van der Waals surface area contributed by atoms with Crippen molar-refractivity contribution in [2.45, 2.75) is 59.2 Å². The second kappa shape index (κ2) is 6.41. The van der Waals surface area contributed by atoms with Crippen LogP contribution in [0.4, 0.5) is 0 Å². The molecule has 0 saturated carbocycles. The summed E-state index contributed by atoms with van der Waals surface area (Å²) in [6.07, 6.45) is 0.856. The minimum Gasteiger partial charge on any atom is -0.379 e. The smallest absolute Gasteiger partial charge is 0.0685 e. The SMILES string of the molecule is COC(C)(C)CCOC(C)(C)C(C)(C)CSO. The molecule has 0 saturated heterocycles. The van der Waals surface area contributed by atoms with Crippen molar-refractivity contribution >= 4 is 12.0 Å². The van der Waals surface area contributed by atoms with Crippen LogP contribution in [0.25, 0.3) is 0 Å². The number of ether oxygens (including phenoxy) is 2. The van der Waals surface area contributed by atoms with Gasteiger partial charge < -0.3 is 14.0 Å². The van der Waals surface area contributed by atoms with Crippen molar-refractivity contribution in [2.24, 2.45) is 5.41 Å². The lowest BCUT2D eigenvalue weighted by molar-refractivity contribution is -0.106. The summed E-state index contributed by atoms with van der Waals surface area (Å²) in [5, 5.41) is 0. The van der Waals surface area contributed by atoms with E-state index < -0.39 is 0 Å². The van der Waals surface area contributed by atoms with Crippen LogP contribution in [0.1, 0.15) is 48.0 Å². The molecule has 0 aliphatic heterocycles. The van der Waals surface area contributed by atoms with Gasteiger partial charge in [-0.15, -0.1) is 0 Å². The van der Waals surface area contributed by atoms with Crippen molar-refractivity contribution in [2.75, 3.05) is 19.5 Å². The first kappa shape index (κ1) is 17.2. The first-order chi connectivity index (χ1) is 7.58. The minimum absolute atomic E-state index is 0.0797. The van der Waals surface area contributed by atoms with E-state index >= 15 is 0 Å². The molecule has 3 nitrogen and oxygen atoms in total. The third-order valence-electron chi connectivity index (χ3n) is 3.77. The van der Waals surface area contributed by atoms with Gasteiger partial charge in [-0.2, -0.15) is 0 Å². The van der Waals surface area contributed by atoms with Crippen LogP contribution in [0.3, 0.4) is 0 Å². The molecule has 0 heterocycles. The molecule has 0 fully saturated rings. The molecule has 0 aliphatic carbocycles. The molecule has 0 amide bonds. The molecule has 0 unspecified atom stereocenters. The molecule has 0 atom stereocenters. The van der Waals surface area contributed by atoms with Crippen molar-refractivity contribution in [3.63, 3.8) is 0 Å². The second-order valence-electron chi connectivity index (χ2n) is 6.23. The summed E-state index contributed by atoms with van der Waals surface area (Å²) in [6.45, 7) is 13.1. The Morgan fingerprint density at radius 2 is 1.59 bits per heavy atom. The molecule has 0 aromatic heterocycles. The maximum Gasteiger partial charge on any atom is 0.0685 e. The fraction of sp³-hybridized carbons (Fsp3) is 1.00. The Morgan fingerprint density at radius 3 is 2.00 bits per heavy atom. The lowest BCUT2D eigenvalue weighted by Crippen LogP contribution is -2.44. The molecule has 0 bridgehead atoms. The largest absolute Gasteiger partial charge is 0.379 e. The Hall–Kier alpha value is 0.230. The summed E-state index contributed by atoms with van der Waals surface area (Å²) in [6, 6.07) is 0. The zero-order chi connectivity index (χ0) is 13.7. The molecule has 0 aromatic rings. The highest BCUT2D eigenvalue weighted by Crippen LogP contribution is 2.36. The second-order valence-corrected chi connectivity index (χ2v) is 6.78. The first-order valence-electron chi connectivity index (χ1n) is 6.03. The van der Waals surface area contributed by atoms with E-state index in [2.05, 4.69) is 41.5 Å². The molecule has 4 heteroatoms. The third-order valence-corrected chi connectivity index (χ3v) is 4.63. The predicted octanol–water partition coefficient (Wildman–Crippen LogP) is 3.83. The van der Waals surface area contributed by atoms with E-state index in [1.54, 1.807) is 7.11 Å². The van der Waals surface area contributed by atoms with Crippen molar-refractivity contribution in [1.82, 2.24) is 0 Å². The van der Waals surface area contributed by atoms with E-state index in [9.17, 15) is 0 Å². The van der Waals surface area contributed by atoms with Crippen molar-refractivity contribution in [3.05, 3.63) is 0 Å². The van der Waals surface area contributed by atoms with Crippen molar-refractivity contribution in [3.8, 4) is 0 Å². The van der Waals surface area contributed by atoms with Crippen LogP contribution < -0.4 is 0 Å². The summed E-state index contributed by atoms with van der Waals surface area (Å²) in [7, 11) is 1.72. The van der Waals surface area contributed by atoms with Gasteiger partial charge in [0.05, 0.1) is 17.8 Å². The van der Waals surface area contributed by atoms with Crippen LogP contribution in [-0.2, 0) is 9.47 Å². The molecule has 0 aliphatic rings. The minimum atomic E-state index is -0.271. The van der Waals surface area contributed by atoms with Crippen LogP contribution >= 0.6 is 12.0 Å². The number of methoxy groups -OCH3 is 1. The first-order valence-corrected chi connectivity index (χ1v) is 6.98. The van der Waals surface area contributed by atoms with Crippen LogP contribution in [0.15, 0.2) is 0 Å². The number of hydrogen-bond acceptors (Lipinski definition) is 4. The highest BCUT2D eigenvalue weighted by atomic mass is 32.2. The van der Waals surface area contributed by atoms with Crippen LogP contribution in [-0.4, -0.2) is 35.2 Å². The average Bonchev–Trinajstić information content (AvgIpc) is 2.16.